The monoisotopic (exact) mass is 278 g/mol. The lowest BCUT2D eigenvalue weighted by molar-refractivity contribution is 0.144. The minimum absolute atomic E-state index is 0.446. The Labute approximate surface area is 122 Å². The molecule has 0 unspecified atom stereocenters. The Bertz CT molecular complexity index is 438. The largest absolute Gasteiger partial charge is 0.511 e. The van der Waals surface area contributed by atoms with E-state index in [4.69, 9.17) is 9.84 Å². The first-order valence-electron chi connectivity index (χ1n) is 7.56. The Hall–Kier alpha value is -1.51. The molecule has 0 bridgehead atoms. The maximum absolute atomic E-state index is 10.6. The van der Waals surface area contributed by atoms with Crippen molar-refractivity contribution in [3.8, 4) is 5.75 Å². The number of hydrogen-bond donors (Lipinski definition) is 1. The summed E-state index contributed by atoms with van der Waals surface area (Å²) in [7, 11) is 0. The lowest BCUT2D eigenvalue weighted by Gasteiger charge is -2.12. The molecule has 3 heteroatoms. The second-order valence-corrected chi connectivity index (χ2v) is 5.36. The Kier molecular flexibility index (Phi) is 7.13. The van der Waals surface area contributed by atoms with Gasteiger partial charge in [-0.15, -0.1) is 0 Å². The summed E-state index contributed by atoms with van der Waals surface area (Å²) in [6, 6.07) is 3.76. The Morgan fingerprint density at radius 1 is 1.05 bits per heavy atom. The van der Waals surface area contributed by atoms with E-state index in [0.717, 1.165) is 17.5 Å². The van der Waals surface area contributed by atoms with Crippen LogP contribution in [0.4, 0.5) is 4.79 Å². The molecule has 0 atom stereocenters. The zero-order valence-corrected chi connectivity index (χ0v) is 12.9. The van der Waals surface area contributed by atoms with Gasteiger partial charge in [0.2, 0.25) is 0 Å². The first-order valence-corrected chi connectivity index (χ1v) is 7.56. The Morgan fingerprint density at radius 2 is 1.70 bits per heavy atom. The van der Waals surface area contributed by atoms with Gasteiger partial charge in [0.05, 0.1) is 0 Å². The van der Waals surface area contributed by atoms with Crippen molar-refractivity contribution < 1.29 is 14.6 Å². The van der Waals surface area contributed by atoms with E-state index in [2.05, 4.69) is 6.92 Å². The fourth-order valence-corrected chi connectivity index (χ4v) is 2.42. The number of hydrogen-bond acceptors (Lipinski definition) is 2. The molecule has 1 aromatic rings. The van der Waals surface area contributed by atoms with Crippen molar-refractivity contribution in [2.75, 3.05) is 0 Å². The third-order valence-corrected chi connectivity index (χ3v) is 3.85. The van der Waals surface area contributed by atoms with Crippen LogP contribution in [-0.4, -0.2) is 11.3 Å². The summed E-state index contributed by atoms with van der Waals surface area (Å²) in [4.78, 5) is 10.6. The molecular formula is C17H26O3. The summed E-state index contributed by atoms with van der Waals surface area (Å²) in [5, 5.41) is 8.67. The van der Waals surface area contributed by atoms with Crippen molar-refractivity contribution in [2.24, 2.45) is 0 Å². The van der Waals surface area contributed by atoms with E-state index in [1.165, 1.54) is 44.1 Å². The van der Waals surface area contributed by atoms with Gasteiger partial charge >= 0.3 is 6.16 Å². The maximum Gasteiger partial charge on any atom is 0.511 e. The molecule has 0 aliphatic carbocycles. The van der Waals surface area contributed by atoms with Crippen molar-refractivity contribution in [3.63, 3.8) is 0 Å². The predicted molar refractivity (Wildman–Crippen MR) is 81.6 cm³/mol. The van der Waals surface area contributed by atoms with Gasteiger partial charge in [0.1, 0.15) is 5.75 Å². The summed E-state index contributed by atoms with van der Waals surface area (Å²) in [5.41, 5.74) is 3.38. The highest BCUT2D eigenvalue weighted by Crippen LogP contribution is 2.25. The van der Waals surface area contributed by atoms with Gasteiger partial charge < -0.3 is 9.84 Å². The van der Waals surface area contributed by atoms with Crippen LogP contribution in [0, 0.1) is 13.8 Å². The van der Waals surface area contributed by atoms with Gasteiger partial charge in [-0.05, 0) is 49.4 Å². The van der Waals surface area contributed by atoms with Gasteiger partial charge in [0.15, 0.2) is 0 Å². The van der Waals surface area contributed by atoms with Crippen LogP contribution in [0.15, 0.2) is 12.1 Å². The van der Waals surface area contributed by atoms with Crippen LogP contribution in [-0.2, 0) is 6.42 Å². The third-order valence-electron chi connectivity index (χ3n) is 3.85. The molecule has 0 aliphatic heterocycles. The second-order valence-electron chi connectivity index (χ2n) is 5.36. The fourth-order valence-electron chi connectivity index (χ4n) is 2.42. The molecule has 0 saturated heterocycles. The summed E-state index contributed by atoms with van der Waals surface area (Å²) in [5.74, 6) is 0.446. The van der Waals surface area contributed by atoms with Gasteiger partial charge in [-0.1, -0.05) is 45.1 Å². The van der Waals surface area contributed by atoms with Crippen molar-refractivity contribution in [1.29, 1.82) is 0 Å². The van der Waals surface area contributed by atoms with E-state index in [9.17, 15) is 4.79 Å². The molecule has 1 N–H and O–H groups in total. The van der Waals surface area contributed by atoms with Crippen LogP contribution in [0.2, 0.25) is 0 Å². The van der Waals surface area contributed by atoms with Gasteiger partial charge in [-0.25, -0.2) is 4.79 Å². The highest BCUT2D eigenvalue weighted by atomic mass is 16.7. The number of ether oxygens (including phenoxy) is 1. The second kappa shape index (κ2) is 8.62. The Balaban J connectivity index is 2.51. The zero-order chi connectivity index (χ0) is 15.0. The molecule has 0 amide bonds. The normalized spacial score (nSPS) is 10.6. The molecule has 0 saturated carbocycles. The van der Waals surface area contributed by atoms with Gasteiger partial charge in [0.25, 0.3) is 0 Å². The third kappa shape index (κ3) is 5.24. The molecule has 0 aromatic heterocycles. The van der Waals surface area contributed by atoms with Crippen LogP contribution in [0.25, 0.3) is 0 Å². The maximum atomic E-state index is 10.6. The van der Waals surface area contributed by atoms with Crippen molar-refractivity contribution in [2.45, 2.75) is 65.7 Å². The number of carboxylic acid groups (broad SMARTS) is 1. The Morgan fingerprint density at radius 3 is 2.35 bits per heavy atom. The minimum atomic E-state index is -1.25. The molecule has 1 rings (SSSR count). The van der Waals surface area contributed by atoms with Crippen molar-refractivity contribution in [1.82, 2.24) is 0 Å². The van der Waals surface area contributed by atoms with Crippen LogP contribution in [0.3, 0.4) is 0 Å². The average Bonchev–Trinajstić information content (AvgIpc) is 2.41. The lowest BCUT2D eigenvalue weighted by atomic mass is 9.97. The van der Waals surface area contributed by atoms with Crippen LogP contribution < -0.4 is 4.74 Å². The molecule has 0 spiro atoms. The standard InChI is InChI=1S/C17H26O3/c1-4-5-6-7-8-9-10-15-11-12-16(20-17(18)19)14(3)13(15)2/h11-12H,4-10H2,1-3H3,(H,18,19). The van der Waals surface area contributed by atoms with Gasteiger partial charge in [-0.3, -0.25) is 0 Å². The summed E-state index contributed by atoms with van der Waals surface area (Å²) in [6.07, 6.45) is 7.53. The average molecular weight is 278 g/mol. The van der Waals surface area contributed by atoms with Gasteiger partial charge in [-0.2, -0.15) is 0 Å². The molecule has 0 radical (unpaired) electrons. The van der Waals surface area contributed by atoms with E-state index in [1.807, 2.05) is 19.9 Å². The predicted octanol–water partition coefficient (Wildman–Crippen LogP) is 5.26. The van der Waals surface area contributed by atoms with Crippen LogP contribution in [0.5, 0.6) is 5.75 Å². The van der Waals surface area contributed by atoms with E-state index in [0.29, 0.717) is 5.75 Å². The number of unbranched alkanes of at least 4 members (excludes halogenated alkanes) is 5. The highest BCUT2D eigenvalue weighted by molar-refractivity contribution is 5.62. The molecular weight excluding hydrogens is 252 g/mol. The molecule has 0 aliphatic rings. The highest BCUT2D eigenvalue weighted by Gasteiger charge is 2.09. The molecule has 1 aromatic carbocycles. The minimum Gasteiger partial charge on any atom is -0.449 e. The molecule has 0 fully saturated rings. The summed E-state index contributed by atoms with van der Waals surface area (Å²) < 4.78 is 4.77. The summed E-state index contributed by atoms with van der Waals surface area (Å²) >= 11 is 0. The number of carbonyl (C=O) groups is 1. The molecule has 20 heavy (non-hydrogen) atoms. The quantitative estimate of drug-likeness (QED) is 0.400. The van der Waals surface area contributed by atoms with Crippen molar-refractivity contribution >= 4 is 6.16 Å². The number of benzene rings is 1. The first-order chi connectivity index (χ1) is 9.56. The molecule has 0 heterocycles. The molecule has 112 valence electrons. The van der Waals surface area contributed by atoms with Crippen LogP contribution >= 0.6 is 0 Å². The zero-order valence-electron chi connectivity index (χ0n) is 12.9. The summed E-state index contributed by atoms with van der Waals surface area (Å²) in [6.45, 7) is 6.18. The van der Waals surface area contributed by atoms with E-state index < -0.39 is 6.16 Å². The van der Waals surface area contributed by atoms with E-state index in [-0.39, 0.29) is 0 Å². The van der Waals surface area contributed by atoms with Crippen molar-refractivity contribution in [3.05, 3.63) is 28.8 Å². The fraction of sp³-hybridized carbons (Fsp3) is 0.588. The van der Waals surface area contributed by atoms with Gasteiger partial charge in [0, 0.05) is 0 Å². The number of rotatable bonds is 8. The first kappa shape index (κ1) is 16.5. The lowest BCUT2D eigenvalue weighted by Crippen LogP contribution is -2.05. The number of aryl methyl sites for hydroxylation is 1. The van der Waals surface area contributed by atoms with E-state index in [1.54, 1.807) is 6.07 Å². The molecule has 3 nitrogen and oxygen atoms in total. The van der Waals surface area contributed by atoms with Crippen LogP contribution in [0.1, 0.15) is 62.1 Å². The smallest absolute Gasteiger partial charge is 0.449 e. The van der Waals surface area contributed by atoms with E-state index >= 15 is 0 Å². The SMILES string of the molecule is CCCCCCCCc1ccc(OC(=O)O)c(C)c1C. The topological polar surface area (TPSA) is 46.5 Å².